The fourth-order valence-electron chi connectivity index (χ4n) is 2.02. The minimum Gasteiger partial charge on any atom is -0.378 e. The van der Waals surface area contributed by atoms with Gasteiger partial charge in [-0.1, -0.05) is 17.7 Å². The van der Waals surface area contributed by atoms with Crippen LogP contribution < -0.4 is 5.32 Å². The molecular weight excluding hydrogens is 214 g/mol. The molecule has 1 amide bonds. The topological polar surface area (TPSA) is 38.3 Å². The minimum absolute atomic E-state index is 0.0735. The second-order valence-corrected chi connectivity index (χ2v) is 4.59. The van der Waals surface area contributed by atoms with Crippen LogP contribution in [0.4, 0.5) is 5.69 Å². The van der Waals surface area contributed by atoms with Crippen molar-refractivity contribution >= 4 is 11.6 Å². The maximum Gasteiger partial charge on any atom is 0.224 e. The van der Waals surface area contributed by atoms with E-state index in [-0.39, 0.29) is 5.91 Å². The summed E-state index contributed by atoms with van der Waals surface area (Å²) in [5.74, 6) is 0.0735. The molecule has 0 bridgehead atoms. The Hall–Kier alpha value is -1.35. The summed E-state index contributed by atoms with van der Waals surface area (Å²) >= 11 is 0. The zero-order valence-corrected chi connectivity index (χ0v) is 10.2. The summed E-state index contributed by atoms with van der Waals surface area (Å²) in [7, 11) is 0. The van der Waals surface area contributed by atoms with Crippen molar-refractivity contribution in [2.75, 3.05) is 11.9 Å². The third kappa shape index (κ3) is 3.86. The molecule has 3 heteroatoms. The van der Waals surface area contributed by atoms with Gasteiger partial charge in [0, 0.05) is 18.7 Å². The van der Waals surface area contributed by atoms with E-state index < -0.39 is 0 Å². The second-order valence-electron chi connectivity index (χ2n) is 4.59. The first-order valence-corrected chi connectivity index (χ1v) is 6.22. The Morgan fingerprint density at radius 3 is 2.82 bits per heavy atom. The van der Waals surface area contributed by atoms with Crippen molar-refractivity contribution in [1.29, 1.82) is 0 Å². The van der Waals surface area contributed by atoms with Gasteiger partial charge in [-0.2, -0.15) is 0 Å². The number of aryl methyl sites for hydroxylation is 1. The molecule has 0 aliphatic carbocycles. The van der Waals surface area contributed by atoms with Gasteiger partial charge >= 0.3 is 0 Å². The van der Waals surface area contributed by atoms with Crippen molar-refractivity contribution < 1.29 is 9.53 Å². The number of carbonyl (C=O) groups is 1. The number of amides is 1. The Kier molecular flexibility index (Phi) is 4.15. The lowest BCUT2D eigenvalue weighted by molar-refractivity contribution is -0.116. The van der Waals surface area contributed by atoms with Gasteiger partial charge in [0.05, 0.1) is 6.10 Å². The number of hydrogen-bond acceptors (Lipinski definition) is 2. The van der Waals surface area contributed by atoms with E-state index in [4.69, 9.17) is 4.74 Å². The first kappa shape index (κ1) is 12.1. The maximum absolute atomic E-state index is 11.7. The first-order valence-electron chi connectivity index (χ1n) is 6.22. The lowest BCUT2D eigenvalue weighted by atomic mass is 10.1. The molecule has 1 aliphatic heterocycles. The molecule has 17 heavy (non-hydrogen) atoms. The van der Waals surface area contributed by atoms with Crippen LogP contribution in [0.15, 0.2) is 24.3 Å². The molecule has 1 aromatic carbocycles. The Labute approximate surface area is 102 Å². The molecule has 2 rings (SSSR count). The van der Waals surface area contributed by atoms with Crippen LogP contribution in [0.3, 0.4) is 0 Å². The molecule has 1 heterocycles. The minimum atomic E-state index is 0.0735. The normalized spacial score (nSPS) is 19.2. The smallest absolute Gasteiger partial charge is 0.224 e. The average molecular weight is 233 g/mol. The molecule has 0 spiro atoms. The number of ether oxygens (including phenoxy) is 1. The molecule has 0 unspecified atom stereocenters. The fourth-order valence-corrected chi connectivity index (χ4v) is 2.02. The predicted octanol–water partition coefficient (Wildman–Crippen LogP) is 2.89. The Morgan fingerprint density at radius 2 is 2.18 bits per heavy atom. The SMILES string of the molecule is Cc1ccc(NC(=O)CC[C@H]2CCCO2)cc1. The lowest BCUT2D eigenvalue weighted by Crippen LogP contribution is -2.15. The summed E-state index contributed by atoms with van der Waals surface area (Å²) in [5, 5.41) is 2.90. The van der Waals surface area contributed by atoms with Gasteiger partial charge in [-0.15, -0.1) is 0 Å². The molecular formula is C14H19NO2. The zero-order chi connectivity index (χ0) is 12.1. The molecule has 92 valence electrons. The highest BCUT2D eigenvalue weighted by Crippen LogP contribution is 2.17. The van der Waals surface area contributed by atoms with Crippen molar-refractivity contribution in [2.24, 2.45) is 0 Å². The molecule has 1 fully saturated rings. The Morgan fingerprint density at radius 1 is 1.41 bits per heavy atom. The number of anilines is 1. The number of benzene rings is 1. The molecule has 0 aromatic heterocycles. The lowest BCUT2D eigenvalue weighted by Gasteiger charge is -2.09. The van der Waals surface area contributed by atoms with Gasteiger partial charge < -0.3 is 10.1 Å². The van der Waals surface area contributed by atoms with Gasteiger partial charge in [0.15, 0.2) is 0 Å². The van der Waals surface area contributed by atoms with Crippen LogP contribution in [0.1, 0.15) is 31.2 Å². The molecule has 1 aliphatic rings. The number of nitrogens with one attached hydrogen (secondary N) is 1. The van der Waals surface area contributed by atoms with E-state index in [1.807, 2.05) is 31.2 Å². The number of hydrogen-bond donors (Lipinski definition) is 1. The summed E-state index contributed by atoms with van der Waals surface area (Å²) in [6.45, 7) is 2.88. The van der Waals surface area contributed by atoms with E-state index in [0.717, 1.165) is 31.6 Å². The highest BCUT2D eigenvalue weighted by Gasteiger charge is 2.16. The molecule has 0 saturated carbocycles. The molecule has 1 N–H and O–H groups in total. The predicted molar refractivity (Wildman–Crippen MR) is 68.0 cm³/mol. The van der Waals surface area contributed by atoms with E-state index in [9.17, 15) is 4.79 Å². The molecule has 3 nitrogen and oxygen atoms in total. The van der Waals surface area contributed by atoms with Crippen molar-refractivity contribution in [3.05, 3.63) is 29.8 Å². The quantitative estimate of drug-likeness (QED) is 0.868. The highest BCUT2D eigenvalue weighted by molar-refractivity contribution is 5.90. The van der Waals surface area contributed by atoms with Gasteiger partial charge in [0.1, 0.15) is 0 Å². The van der Waals surface area contributed by atoms with Gasteiger partial charge in [-0.25, -0.2) is 0 Å². The third-order valence-electron chi connectivity index (χ3n) is 3.05. The maximum atomic E-state index is 11.7. The average Bonchev–Trinajstić information content (AvgIpc) is 2.83. The summed E-state index contributed by atoms with van der Waals surface area (Å²) in [6, 6.07) is 7.85. The number of carbonyl (C=O) groups excluding carboxylic acids is 1. The van der Waals surface area contributed by atoms with Crippen LogP contribution in [-0.4, -0.2) is 18.6 Å². The van der Waals surface area contributed by atoms with Gasteiger partial charge in [-0.05, 0) is 38.3 Å². The molecule has 1 atom stereocenters. The van der Waals surface area contributed by atoms with E-state index in [0.29, 0.717) is 12.5 Å². The van der Waals surface area contributed by atoms with E-state index in [2.05, 4.69) is 5.32 Å². The van der Waals surface area contributed by atoms with Crippen LogP contribution in [0.25, 0.3) is 0 Å². The van der Waals surface area contributed by atoms with Crippen molar-refractivity contribution in [3.8, 4) is 0 Å². The molecule has 1 saturated heterocycles. The molecule has 0 radical (unpaired) electrons. The fraction of sp³-hybridized carbons (Fsp3) is 0.500. The largest absolute Gasteiger partial charge is 0.378 e. The van der Waals surface area contributed by atoms with Crippen LogP contribution in [0.5, 0.6) is 0 Å². The summed E-state index contributed by atoms with van der Waals surface area (Å²) in [5.41, 5.74) is 2.07. The van der Waals surface area contributed by atoms with Crippen LogP contribution in [0.2, 0.25) is 0 Å². The van der Waals surface area contributed by atoms with Gasteiger partial charge in [0.25, 0.3) is 0 Å². The van der Waals surface area contributed by atoms with Crippen LogP contribution >= 0.6 is 0 Å². The summed E-state index contributed by atoms with van der Waals surface area (Å²) < 4.78 is 5.49. The standard InChI is InChI=1S/C14H19NO2/c1-11-4-6-12(7-5-11)15-14(16)9-8-13-3-2-10-17-13/h4-7,13H,2-3,8-10H2,1H3,(H,15,16)/t13-/m1/s1. The van der Waals surface area contributed by atoms with Gasteiger partial charge in [0.2, 0.25) is 5.91 Å². The van der Waals surface area contributed by atoms with Gasteiger partial charge in [-0.3, -0.25) is 4.79 Å². The summed E-state index contributed by atoms with van der Waals surface area (Å²) in [4.78, 5) is 11.7. The summed E-state index contributed by atoms with van der Waals surface area (Å²) in [6.07, 6.45) is 3.89. The number of rotatable bonds is 4. The second kappa shape index (κ2) is 5.82. The van der Waals surface area contributed by atoms with Crippen molar-refractivity contribution in [2.45, 2.75) is 38.7 Å². The first-order chi connectivity index (χ1) is 8.24. The zero-order valence-electron chi connectivity index (χ0n) is 10.2. The van der Waals surface area contributed by atoms with E-state index >= 15 is 0 Å². The Balaban J connectivity index is 1.74. The van der Waals surface area contributed by atoms with Crippen molar-refractivity contribution in [3.63, 3.8) is 0 Å². The third-order valence-corrected chi connectivity index (χ3v) is 3.05. The highest BCUT2D eigenvalue weighted by atomic mass is 16.5. The monoisotopic (exact) mass is 233 g/mol. The van der Waals surface area contributed by atoms with Crippen molar-refractivity contribution in [1.82, 2.24) is 0 Å². The van der Waals surface area contributed by atoms with Crippen LogP contribution in [0, 0.1) is 6.92 Å². The van der Waals surface area contributed by atoms with Crippen LogP contribution in [-0.2, 0) is 9.53 Å². The Bertz CT molecular complexity index is 366. The van der Waals surface area contributed by atoms with E-state index in [1.54, 1.807) is 0 Å². The van der Waals surface area contributed by atoms with E-state index in [1.165, 1.54) is 5.56 Å². The molecule has 1 aromatic rings.